The van der Waals surface area contributed by atoms with Crippen molar-refractivity contribution >= 4 is 5.95 Å². The van der Waals surface area contributed by atoms with Gasteiger partial charge < -0.3 is 5.73 Å². The second-order valence-corrected chi connectivity index (χ2v) is 3.38. The van der Waals surface area contributed by atoms with Gasteiger partial charge in [0.05, 0.1) is 5.69 Å². The fourth-order valence-electron chi connectivity index (χ4n) is 1.31. The molecule has 16 heavy (non-hydrogen) atoms. The number of halogens is 2. The van der Waals surface area contributed by atoms with Crippen molar-refractivity contribution in [2.24, 2.45) is 0 Å². The molecule has 4 nitrogen and oxygen atoms in total. The lowest BCUT2D eigenvalue weighted by molar-refractivity contribution is 0.140. The maximum absolute atomic E-state index is 12.3. The zero-order chi connectivity index (χ0) is 11.7. The summed E-state index contributed by atoms with van der Waals surface area (Å²) >= 11 is 0. The minimum atomic E-state index is -2.71. The Bertz CT molecular complexity index is 490. The molecule has 0 aliphatic heterocycles. The van der Waals surface area contributed by atoms with Gasteiger partial charge in [0.2, 0.25) is 11.8 Å². The van der Waals surface area contributed by atoms with E-state index < -0.39 is 12.2 Å². The number of anilines is 1. The minimum Gasteiger partial charge on any atom is -0.368 e. The highest BCUT2D eigenvalue weighted by Crippen LogP contribution is 2.18. The van der Waals surface area contributed by atoms with Gasteiger partial charge in [-0.3, -0.25) is 0 Å². The number of nitrogens with two attached hydrogens (primary N) is 1. The van der Waals surface area contributed by atoms with E-state index in [0.29, 0.717) is 5.69 Å². The summed E-state index contributed by atoms with van der Waals surface area (Å²) in [6.07, 6.45) is -2.71. The summed E-state index contributed by atoms with van der Waals surface area (Å²) in [7, 11) is 0. The lowest BCUT2D eigenvalue weighted by Gasteiger charge is -2.02. The van der Waals surface area contributed by atoms with Gasteiger partial charge in [-0.05, 0) is 19.1 Å². The molecule has 1 aromatic heterocycles. The second kappa shape index (κ2) is 3.88. The number of benzene rings is 1. The van der Waals surface area contributed by atoms with Crippen LogP contribution in [0.15, 0.2) is 24.3 Å². The number of rotatable bonds is 2. The van der Waals surface area contributed by atoms with Crippen LogP contribution in [0.4, 0.5) is 14.7 Å². The van der Waals surface area contributed by atoms with Crippen molar-refractivity contribution in [3.63, 3.8) is 0 Å². The normalized spacial score (nSPS) is 11.0. The molecule has 1 aromatic carbocycles. The SMILES string of the molecule is Cc1ccc(-n2nc(C(F)F)nc2N)cc1. The molecule has 0 fully saturated rings. The predicted octanol–water partition coefficient (Wildman–Crippen LogP) is 2.10. The van der Waals surface area contributed by atoms with Crippen LogP contribution in [0, 0.1) is 6.92 Å². The molecule has 0 saturated heterocycles. The van der Waals surface area contributed by atoms with Gasteiger partial charge in [0.25, 0.3) is 6.43 Å². The molecule has 0 atom stereocenters. The smallest absolute Gasteiger partial charge is 0.299 e. The van der Waals surface area contributed by atoms with Crippen LogP contribution in [0.3, 0.4) is 0 Å². The van der Waals surface area contributed by atoms with Crippen molar-refractivity contribution in [1.82, 2.24) is 14.8 Å². The summed E-state index contributed by atoms with van der Waals surface area (Å²) in [5.41, 5.74) is 7.18. The standard InChI is InChI=1S/C10H10F2N4/c1-6-2-4-7(5-3-6)16-10(13)14-9(15-16)8(11)12/h2-5,8H,1H3,(H2,13,14,15). The van der Waals surface area contributed by atoms with E-state index in [-0.39, 0.29) is 5.95 Å². The highest BCUT2D eigenvalue weighted by molar-refractivity contribution is 5.38. The van der Waals surface area contributed by atoms with Crippen molar-refractivity contribution in [1.29, 1.82) is 0 Å². The molecule has 0 aliphatic carbocycles. The largest absolute Gasteiger partial charge is 0.368 e. The van der Waals surface area contributed by atoms with E-state index in [1.54, 1.807) is 12.1 Å². The van der Waals surface area contributed by atoms with E-state index in [2.05, 4.69) is 10.1 Å². The third kappa shape index (κ3) is 1.86. The zero-order valence-corrected chi connectivity index (χ0v) is 8.56. The molecule has 0 aliphatic rings. The molecule has 0 unspecified atom stereocenters. The van der Waals surface area contributed by atoms with Gasteiger partial charge >= 0.3 is 0 Å². The Kier molecular flexibility index (Phi) is 2.55. The molecule has 6 heteroatoms. The minimum absolute atomic E-state index is 0.0425. The van der Waals surface area contributed by atoms with E-state index in [1.165, 1.54) is 4.68 Å². The maximum atomic E-state index is 12.3. The molecule has 1 heterocycles. The van der Waals surface area contributed by atoms with Crippen LogP contribution in [0.2, 0.25) is 0 Å². The van der Waals surface area contributed by atoms with Crippen molar-refractivity contribution in [2.45, 2.75) is 13.3 Å². The van der Waals surface area contributed by atoms with Gasteiger partial charge in [-0.25, -0.2) is 8.78 Å². The highest BCUT2D eigenvalue weighted by atomic mass is 19.3. The van der Waals surface area contributed by atoms with Crippen LogP contribution < -0.4 is 5.73 Å². The number of alkyl halides is 2. The van der Waals surface area contributed by atoms with E-state index in [9.17, 15) is 8.78 Å². The Balaban J connectivity index is 2.44. The monoisotopic (exact) mass is 224 g/mol. The van der Waals surface area contributed by atoms with Crippen LogP contribution in [-0.2, 0) is 0 Å². The Morgan fingerprint density at radius 3 is 2.38 bits per heavy atom. The van der Waals surface area contributed by atoms with Gasteiger partial charge in [0.15, 0.2) is 0 Å². The number of aromatic nitrogens is 3. The van der Waals surface area contributed by atoms with Gasteiger partial charge in [-0.15, -0.1) is 5.10 Å². The molecule has 0 bridgehead atoms. The first-order chi connectivity index (χ1) is 7.58. The zero-order valence-electron chi connectivity index (χ0n) is 8.56. The number of nitrogen functional groups attached to an aromatic ring is 1. The number of nitrogens with zero attached hydrogens (tertiary/aromatic N) is 3. The summed E-state index contributed by atoms with van der Waals surface area (Å²) in [5, 5.41) is 3.64. The summed E-state index contributed by atoms with van der Waals surface area (Å²) in [5.74, 6) is -0.600. The van der Waals surface area contributed by atoms with Crippen molar-refractivity contribution in [3.05, 3.63) is 35.7 Å². The van der Waals surface area contributed by atoms with Gasteiger partial charge in [-0.1, -0.05) is 17.7 Å². The van der Waals surface area contributed by atoms with Crippen LogP contribution in [-0.4, -0.2) is 14.8 Å². The molecule has 0 saturated carbocycles. The Morgan fingerprint density at radius 2 is 1.88 bits per heavy atom. The lowest BCUT2D eigenvalue weighted by Crippen LogP contribution is -2.02. The Hall–Kier alpha value is -1.98. The van der Waals surface area contributed by atoms with Gasteiger partial charge in [0.1, 0.15) is 0 Å². The fraction of sp³-hybridized carbons (Fsp3) is 0.200. The van der Waals surface area contributed by atoms with E-state index >= 15 is 0 Å². The first-order valence-corrected chi connectivity index (χ1v) is 4.65. The summed E-state index contributed by atoms with van der Waals surface area (Å²) in [6.45, 7) is 1.93. The van der Waals surface area contributed by atoms with Crippen LogP contribution in [0.1, 0.15) is 17.8 Å². The molecule has 2 rings (SSSR count). The van der Waals surface area contributed by atoms with Crippen molar-refractivity contribution < 1.29 is 8.78 Å². The van der Waals surface area contributed by atoms with Crippen LogP contribution in [0.5, 0.6) is 0 Å². The second-order valence-electron chi connectivity index (χ2n) is 3.38. The average molecular weight is 224 g/mol. The number of hydrogen-bond acceptors (Lipinski definition) is 3. The Morgan fingerprint density at radius 1 is 1.25 bits per heavy atom. The third-order valence-corrected chi connectivity index (χ3v) is 2.12. The summed E-state index contributed by atoms with van der Waals surface area (Å²) in [6, 6.07) is 7.18. The fourth-order valence-corrected chi connectivity index (χ4v) is 1.31. The van der Waals surface area contributed by atoms with Crippen molar-refractivity contribution in [2.75, 3.05) is 5.73 Å². The predicted molar refractivity (Wildman–Crippen MR) is 55.5 cm³/mol. The first kappa shape index (κ1) is 10.5. The van der Waals surface area contributed by atoms with Crippen LogP contribution >= 0.6 is 0 Å². The molecule has 84 valence electrons. The Labute approximate surface area is 90.7 Å². The van der Waals surface area contributed by atoms with Crippen LogP contribution in [0.25, 0.3) is 5.69 Å². The topological polar surface area (TPSA) is 56.7 Å². The molecular formula is C10H10F2N4. The maximum Gasteiger partial charge on any atom is 0.299 e. The summed E-state index contributed by atoms with van der Waals surface area (Å²) in [4.78, 5) is 3.49. The molecule has 0 spiro atoms. The molecular weight excluding hydrogens is 214 g/mol. The van der Waals surface area contributed by atoms with Gasteiger partial charge in [0, 0.05) is 0 Å². The molecule has 2 N–H and O–H groups in total. The van der Waals surface area contributed by atoms with E-state index in [0.717, 1.165) is 5.56 Å². The number of aryl methyl sites for hydroxylation is 1. The first-order valence-electron chi connectivity index (χ1n) is 4.65. The van der Waals surface area contributed by atoms with E-state index in [4.69, 9.17) is 5.73 Å². The molecule has 0 radical (unpaired) electrons. The van der Waals surface area contributed by atoms with E-state index in [1.807, 2.05) is 19.1 Å². The quantitative estimate of drug-likeness (QED) is 0.849. The summed E-state index contributed by atoms with van der Waals surface area (Å²) < 4.78 is 25.9. The highest BCUT2D eigenvalue weighted by Gasteiger charge is 2.16. The number of hydrogen-bond donors (Lipinski definition) is 1. The average Bonchev–Trinajstić information content (AvgIpc) is 2.62. The third-order valence-electron chi connectivity index (χ3n) is 2.12. The van der Waals surface area contributed by atoms with Gasteiger partial charge in [-0.2, -0.15) is 9.67 Å². The lowest BCUT2D eigenvalue weighted by atomic mass is 10.2. The molecule has 2 aromatic rings. The van der Waals surface area contributed by atoms with Crippen molar-refractivity contribution in [3.8, 4) is 5.69 Å². The molecule has 0 amide bonds.